The second kappa shape index (κ2) is 10.7. The highest BCUT2D eigenvalue weighted by molar-refractivity contribution is 6.09. The molecule has 0 aliphatic carbocycles. The molecule has 3 N–H and O–H groups in total. The zero-order chi connectivity index (χ0) is 28.4. The third-order valence-electron chi connectivity index (χ3n) is 6.59. The van der Waals surface area contributed by atoms with Crippen molar-refractivity contribution in [1.29, 1.82) is 0 Å². The number of aryl methyl sites for hydroxylation is 1. The lowest BCUT2D eigenvalue weighted by molar-refractivity contribution is -0.384. The predicted octanol–water partition coefficient (Wildman–Crippen LogP) is 5.29. The number of carbonyl (C=O) groups is 2. The molecule has 5 rings (SSSR count). The molecule has 0 fully saturated rings. The quantitative estimate of drug-likeness (QED) is 0.215. The molecule has 11 heteroatoms. The highest BCUT2D eigenvalue weighted by Gasteiger charge is 2.35. The Balaban J connectivity index is 1.53. The van der Waals surface area contributed by atoms with Crippen LogP contribution in [-0.2, 0) is 4.79 Å². The molecule has 2 amide bonds. The molecule has 1 aliphatic heterocycles. The lowest BCUT2D eigenvalue weighted by Gasteiger charge is -2.30. The van der Waals surface area contributed by atoms with Crippen LogP contribution in [-0.4, -0.2) is 33.6 Å². The molecule has 40 heavy (non-hydrogen) atoms. The number of nitrogens with zero attached hydrogens (tertiary/aromatic N) is 3. The number of nitro groups is 1. The summed E-state index contributed by atoms with van der Waals surface area (Å²) in [4.78, 5) is 37.6. The topological polar surface area (TPSA) is 140 Å². The Morgan fingerprint density at radius 1 is 0.925 bits per heavy atom. The summed E-state index contributed by atoms with van der Waals surface area (Å²) in [6.45, 7) is 3.69. The van der Waals surface area contributed by atoms with Crippen molar-refractivity contribution in [2.24, 2.45) is 0 Å². The molecule has 2 heterocycles. The molecule has 0 saturated heterocycles. The lowest BCUT2D eigenvalue weighted by Crippen LogP contribution is -2.32. The number of carbonyl (C=O) groups excluding carboxylic acids is 2. The van der Waals surface area contributed by atoms with Crippen LogP contribution in [0.15, 0.2) is 90.3 Å². The minimum absolute atomic E-state index is 0.0820. The molecule has 0 radical (unpaired) electrons. The molecule has 1 aromatic heterocycles. The van der Waals surface area contributed by atoms with Crippen LogP contribution in [0.25, 0.3) is 0 Å². The molecule has 0 bridgehead atoms. The Morgan fingerprint density at radius 3 is 2.12 bits per heavy atom. The van der Waals surface area contributed by atoms with Crippen LogP contribution < -0.4 is 20.7 Å². The van der Waals surface area contributed by atoms with E-state index in [0.717, 1.165) is 5.56 Å². The standard InChI is InChI=1S/C29H26N6O5/c1-17-4-8-20(9-5-17)32-28(36)24-16-30-34-26(19-6-12-22(13-7-19)35(38)39)25(18(2)31-27(24)34)29(37)33-21-10-14-23(40-3)15-11-21/h4-16,26,31H,1-3H3,(H,32,36)(H,33,37). The smallest absolute Gasteiger partial charge is 0.269 e. The number of allylic oxidation sites excluding steroid dienone is 1. The predicted molar refractivity (Wildman–Crippen MR) is 151 cm³/mol. The van der Waals surface area contributed by atoms with E-state index >= 15 is 0 Å². The summed E-state index contributed by atoms with van der Waals surface area (Å²) >= 11 is 0. The number of rotatable bonds is 7. The highest BCUT2D eigenvalue weighted by Crippen LogP contribution is 2.38. The van der Waals surface area contributed by atoms with Gasteiger partial charge in [-0.05, 0) is 67.9 Å². The molecule has 1 aliphatic rings. The molecule has 202 valence electrons. The van der Waals surface area contributed by atoms with E-state index in [1.165, 1.54) is 18.3 Å². The van der Waals surface area contributed by atoms with E-state index in [1.807, 2.05) is 31.2 Å². The van der Waals surface area contributed by atoms with Crippen LogP contribution in [0.1, 0.15) is 34.5 Å². The summed E-state index contributed by atoms with van der Waals surface area (Å²) in [5.41, 5.74) is 3.87. The van der Waals surface area contributed by atoms with Gasteiger partial charge in [-0.1, -0.05) is 17.7 Å². The number of ether oxygens (including phenoxy) is 1. The molecular formula is C29H26N6O5. The molecule has 4 aromatic rings. The molecule has 1 unspecified atom stereocenters. The van der Waals surface area contributed by atoms with Gasteiger partial charge in [0.25, 0.3) is 17.5 Å². The Morgan fingerprint density at radius 2 is 1.52 bits per heavy atom. The minimum Gasteiger partial charge on any atom is -0.497 e. The molecular weight excluding hydrogens is 512 g/mol. The first-order valence-electron chi connectivity index (χ1n) is 12.4. The summed E-state index contributed by atoms with van der Waals surface area (Å²) in [7, 11) is 1.56. The summed E-state index contributed by atoms with van der Waals surface area (Å²) < 4.78 is 6.73. The maximum absolute atomic E-state index is 13.6. The van der Waals surface area contributed by atoms with Gasteiger partial charge in [-0.15, -0.1) is 0 Å². The van der Waals surface area contributed by atoms with Gasteiger partial charge in [0, 0.05) is 29.2 Å². The van der Waals surface area contributed by atoms with Crippen molar-refractivity contribution in [2.75, 3.05) is 23.1 Å². The van der Waals surface area contributed by atoms with E-state index in [1.54, 1.807) is 55.1 Å². The Bertz CT molecular complexity index is 1620. The lowest BCUT2D eigenvalue weighted by atomic mass is 9.94. The van der Waals surface area contributed by atoms with Crippen molar-refractivity contribution in [1.82, 2.24) is 9.78 Å². The fourth-order valence-electron chi connectivity index (χ4n) is 4.51. The largest absolute Gasteiger partial charge is 0.497 e. The number of aromatic nitrogens is 2. The van der Waals surface area contributed by atoms with Crippen molar-refractivity contribution < 1.29 is 19.2 Å². The average molecular weight is 539 g/mol. The summed E-state index contributed by atoms with van der Waals surface area (Å²) in [6, 6.07) is 19.5. The van der Waals surface area contributed by atoms with Gasteiger partial charge in [0.05, 0.1) is 23.8 Å². The van der Waals surface area contributed by atoms with Crippen molar-refractivity contribution in [2.45, 2.75) is 19.9 Å². The van der Waals surface area contributed by atoms with E-state index in [4.69, 9.17) is 4.74 Å². The number of hydrogen-bond acceptors (Lipinski definition) is 7. The van der Waals surface area contributed by atoms with Crippen molar-refractivity contribution in [3.63, 3.8) is 0 Å². The van der Waals surface area contributed by atoms with Crippen LogP contribution >= 0.6 is 0 Å². The monoisotopic (exact) mass is 538 g/mol. The minimum atomic E-state index is -0.767. The van der Waals surface area contributed by atoms with Crippen molar-refractivity contribution in [3.05, 3.63) is 117 Å². The van der Waals surface area contributed by atoms with E-state index in [-0.39, 0.29) is 17.2 Å². The van der Waals surface area contributed by atoms with E-state index in [0.29, 0.717) is 39.8 Å². The number of fused-ring (bicyclic) bond motifs is 1. The number of hydrogen-bond donors (Lipinski definition) is 3. The van der Waals surface area contributed by atoms with Gasteiger partial charge in [-0.2, -0.15) is 5.10 Å². The van der Waals surface area contributed by atoms with Gasteiger partial charge in [-0.3, -0.25) is 19.7 Å². The summed E-state index contributed by atoms with van der Waals surface area (Å²) in [6.07, 6.45) is 1.43. The van der Waals surface area contributed by atoms with Gasteiger partial charge >= 0.3 is 0 Å². The van der Waals surface area contributed by atoms with Gasteiger partial charge in [-0.25, -0.2) is 4.68 Å². The normalized spacial score (nSPS) is 14.1. The third kappa shape index (κ3) is 5.12. The van der Waals surface area contributed by atoms with Crippen LogP contribution in [0.4, 0.5) is 22.9 Å². The van der Waals surface area contributed by atoms with Crippen LogP contribution in [0.3, 0.4) is 0 Å². The number of non-ortho nitro benzene ring substituents is 1. The molecule has 0 spiro atoms. The maximum Gasteiger partial charge on any atom is 0.269 e. The van der Waals surface area contributed by atoms with Crippen LogP contribution in [0.5, 0.6) is 5.75 Å². The van der Waals surface area contributed by atoms with Crippen molar-refractivity contribution >= 4 is 34.7 Å². The first-order chi connectivity index (χ1) is 19.2. The fourth-order valence-corrected chi connectivity index (χ4v) is 4.51. The number of nitrogens with one attached hydrogen (secondary N) is 3. The number of methoxy groups -OCH3 is 1. The first-order valence-corrected chi connectivity index (χ1v) is 12.4. The number of anilines is 3. The first kappa shape index (κ1) is 26.2. The van der Waals surface area contributed by atoms with E-state index in [9.17, 15) is 19.7 Å². The molecule has 1 atom stereocenters. The zero-order valence-corrected chi connectivity index (χ0v) is 22.0. The molecule has 3 aromatic carbocycles. The van der Waals surface area contributed by atoms with Gasteiger partial charge in [0.1, 0.15) is 23.2 Å². The zero-order valence-electron chi connectivity index (χ0n) is 22.0. The summed E-state index contributed by atoms with van der Waals surface area (Å²) in [5, 5.41) is 24.7. The van der Waals surface area contributed by atoms with Crippen LogP contribution in [0.2, 0.25) is 0 Å². The highest BCUT2D eigenvalue weighted by atomic mass is 16.6. The number of benzene rings is 3. The van der Waals surface area contributed by atoms with Gasteiger partial charge < -0.3 is 20.7 Å². The van der Waals surface area contributed by atoms with Crippen molar-refractivity contribution in [3.8, 4) is 5.75 Å². The maximum atomic E-state index is 13.6. The van der Waals surface area contributed by atoms with E-state index in [2.05, 4.69) is 21.0 Å². The fraction of sp³-hybridized carbons (Fsp3) is 0.138. The molecule has 11 nitrogen and oxygen atoms in total. The second-order valence-electron chi connectivity index (χ2n) is 9.27. The Labute approximate surface area is 229 Å². The Kier molecular flexibility index (Phi) is 7.02. The molecule has 0 saturated carbocycles. The van der Waals surface area contributed by atoms with Gasteiger partial charge in [0.2, 0.25) is 0 Å². The summed E-state index contributed by atoms with van der Waals surface area (Å²) in [5.74, 6) is 0.268. The second-order valence-corrected chi connectivity index (χ2v) is 9.27. The SMILES string of the molecule is COc1ccc(NC(=O)C2=C(C)Nc3c(C(=O)Nc4ccc(C)cc4)cnn3C2c2ccc([N+](=O)[O-])cc2)cc1. The van der Waals surface area contributed by atoms with Gasteiger partial charge in [0.15, 0.2) is 0 Å². The Hall–Kier alpha value is -5.45. The number of nitro benzene ring substituents is 1. The third-order valence-corrected chi connectivity index (χ3v) is 6.59. The average Bonchev–Trinajstić information content (AvgIpc) is 3.37. The van der Waals surface area contributed by atoms with Crippen LogP contribution in [0, 0.1) is 17.0 Å². The number of amides is 2. The van der Waals surface area contributed by atoms with E-state index < -0.39 is 16.9 Å².